The summed E-state index contributed by atoms with van der Waals surface area (Å²) in [5, 5.41) is 3.58. The highest BCUT2D eigenvalue weighted by Crippen LogP contribution is 2.27. The van der Waals surface area contributed by atoms with Crippen LogP contribution in [-0.2, 0) is 4.79 Å². The first-order valence-corrected chi connectivity index (χ1v) is 8.19. The van der Waals surface area contributed by atoms with Crippen LogP contribution in [0.5, 0.6) is 0 Å². The van der Waals surface area contributed by atoms with Crippen LogP contribution in [-0.4, -0.2) is 16.6 Å². The zero-order valence-electron chi connectivity index (χ0n) is 12.7. The number of aromatic nitrogens is 1. The molecule has 0 unspecified atom stereocenters. The summed E-state index contributed by atoms with van der Waals surface area (Å²) in [5.41, 5.74) is 2.89. The number of anilines is 1. The summed E-state index contributed by atoms with van der Waals surface area (Å²) in [4.78, 5) is 16.0. The molecule has 0 radical (unpaired) electrons. The third-order valence-corrected chi connectivity index (χ3v) is 4.12. The van der Waals surface area contributed by atoms with Gasteiger partial charge in [0.15, 0.2) is 5.09 Å². The van der Waals surface area contributed by atoms with Crippen LogP contribution < -0.4 is 5.32 Å². The Morgan fingerprint density at radius 1 is 1.17 bits per heavy atom. The van der Waals surface area contributed by atoms with Gasteiger partial charge >= 0.3 is 0 Å². The smallest absolute Gasteiger partial charge is 0.234 e. The average Bonchev–Trinajstić information content (AvgIpc) is 3.05. The fourth-order valence-corrected chi connectivity index (χ4v) is 2.69. The highest BCUT2D eigenvalue weighted by molar-refractivity contribution is 7.99. The van der Waals surface area contributed by atoms with E-state index in [-0.39, 0.29) is 5.91 Å². The van der Waals surface area contributed by atoms with E-state index in [1.165, 1.54) is 11.8 Å². The van der Waals surface area contributed by atoms with Gasteiger partial charge < -0.3 is 9.73 Å². The van der Waals surface area contributed by atoms with E-state index in [9.17, 15) is 4.79 Å². The fourth-order valence-electron chi connectivity index (χ4n) is 2.03. The van der Waals surface area contributed by atoms with Crippen LogP contribution in [0.3, 0.4) is 0 Å². The lowest BCUT2D eigenvalue weighted by Gasteiger charge is -2.04. The number of carbonyl (C=O) groups is 1. The number of aryl methyl sites for hydroxylation is 1. The fraction of sp³-hybridized carbons (Fsp3) is 0.111. The van der Waals surface area contributed by atoms with Crippen LogP contribution in [0.1, 0.15) is 5.56 Å². The Morgan fingerprint density at radius 3 is 2.74 bits per heavy atom. The van der Waals surface area contributed by atoms with Gasteiger partial charge in [0, 0.05) is 23.6 Å². The number of pyridine rings is 1. The highest BCUT2D eigenvalue weighted by atomic mass is 32.2. The van der Waals surface area contributed by atoms with Gasteiger partial charge in [-0.15, -0.1) is 0 Å². The molecule has 23 heavy (non-hydrogen) atoms. The molecular weight excluding hydrogens is 308 g/mol. The Labute approximate surface area is 138 Å². The normalized spacial score (nSPS) is 10.5. The summed E-state index contributed by atoms with van der Waals surface area (Å²) in [7, 11) is 0. The minimum Gasteiger partial charge on any atom is -0.450 e. The molecule has 0 aliphatic carbocycles. The molecule has 0 bridgehead atoms. The number of benzene rings is 1. The number of hydrogen-bond acceptors (Lipinski definition) is 4. The van der Waals surface area contributed by atoms with E-state index in [4.69, 9.17) is 4.42 Å². The first-order chi connectivity index (χ1) is 11.2. The topological polar surface area (TPSA) is 55.1 Å². The summed E-state index contributed by atoms with van der Waals surface area (Å²) < 4.78 is 5.73. The Balaban J connectivity index is 1.55. The summed E-state index contributed by atoms with van der Waals surface area (Å²) in [5.74, 6) is 0.992. The Kier molecular flexibility index (Phi) is 4.78. The first kappa shape index (κ1) is 15.4. The van der Waals surface area contributed by atoms with E-state index < -0.39 is 0 Å². The van der Waals surface area contributed by atoms with Crippen molar-refractivity contribution in [3.63, 3.8) is 0 Å². The number of thioether (sulfide) groups is 1. The molecule has 0 spiro atoms. The second-order valence-electron chi connectivity index (χ2n) is 5.06. The van der Waals surface area contributed by atoms with E-state index in [0.29, 0.717) is 10.8 Å². The Morgan fingerprint density at radius 2 is 2.00 bits per heavy atom. The molecule has 4 nitrogen and oxygen atoms in total. The number of carbonyl (C=O) groups excluding carboxylic acids is 1. The predicted molar refractivity (Wildman–Crippen MR) is 92.5 cm³/mol. The quantitative estimate of drug-likeness (QED) is 0.708. The van der Waals surface area contributed by atoms with Gasteiger partial charge in [-0.05, 0) is 43.3 Å². The van der Waals surface area contributed by atoms with Crippen LogP contribution in [0.4, 0.5) is 5.69 Å². The average molecular weight is 324 g/mol. The third-order valence-electron chi connectivity index (χ3n) is 3.21. The first-order valence-electron chi connectivity index (χ1n) is 7.20. The van der Waals surface area contributed by atoms with Crippen molar-refractivity contribution in [2.45, 2.75) is 12.0 Å². The lowest BCUT2D eigenvalue weighted by molar-refractivity contribution is -0.113. The second kappa shape index (κ2) is 7.15. The van der Waals surface area contributed by atoms with Gasteiger partial charge in [0.05, 0.1) is 5.75 Å². The van der Waals surface area contributed by atoms with Crippen molar-refractivity contribution in [2.75, 3.05) is 11.1 Å². The largest absolute Gasteiger partial charge is 0.450 e. The number of rotatable bonds is 5. The van der Waals surface area contributed by atoms with Crippen LogP contribution in [0.2, 0.25) is 0 Å². The van der Waals surface area contributed by atoms with Crippen molar-refractivity contribution in [2.24, 2.45) is 0 Å². The van der Waals surface area contributed by atoms with Crippen LogP contribution >= 0.6 is 11.8 Å². The standard InChI is InChI=1S/C18H16N2O2S/c1-13-4-6-15(7-5-13)20-17(21)12-23-18-9-8-16(22-18)14-3-2-10-19-11-14/h2-11H,12H2,1H3,(H,20,21). The lowest BCUT2D eigenvalue weighted by Crippen LogP contribution is -2.13. The van der Waals surface area contributed by atoms with Gasteiger partial charge in [0.1, 0.15) is 5.76 Å². The molecular formula is C18H16N2O2S. The maximum absolute atomic E-state index is 12.0. The van der Waals surface area contributed by atoms with Crippen molar-refractivity contribution in [3.05, 3.63) is 66.5 Å². The van der Waals surface area contributed by atoms with Crippen molar-refractivity contribution in [1.29, 1.82) is 0 Å². The van der Waals surface area contributed by atoms with E-state index in [0.717, 1.165) is 22.6 Å². The third kappa shape index (κ3) is 4.23. The zero-order chi connectivity index (χ0) is 16.1. The van der Waals surface area contributed by atoms with Crippen molar-refractivity contribution in [3.8, 4) is 11.3 Å². The van der Waals surface area contributed by atoms with E-state index in [1.807, 2.05) is 55.5 Å². The number of nitrogens with zero attached hydrogens (tertiary/aromatic N) is 1. The van der Waals surface area contributed by atoms with Crippen molar-refractivity contribution in [1.82, 2.24) is 4.98 Å². The Hall–Kier alpha value is -2.53. The van der Waals surface area contributed by atoms with Crippen molar-refractivity contribution < 1.29 is 9.21 Å². The Bertz CT molecular complexity index is 782. The summed E-state index contributed by atoms with van der Waals surface area (Å²) in [6.07, 6.45) is 3.47. The number of hydrogen-bond donors (Lipinski definition) is 1. The molecule has 3 aromatic rings. The van der Waals surface area contributed by atoms with Gasteiger partial charge in [-0.1, -0.05) is 29.5 Å². The van der Waals surface area contributed by atoms with Gasteiger partial charge in [-0.3, -0.25) is 9.78 Å². The van der Waals surface area contributed by atoms with Gasteiger partial charge in [-0.25, -0.2) is 0 Å². The maximum Gasteiger partial charge on any atom is 0.234 e. The summed E-state index contributed by atoms with van der Waals surface area (Å²) in [6.45, 7) is 2.01. The minimum atomic E-state index is -0.0572. The van der Waals surface area contributed by atoms with Gasteiger partial charge in [-0.2, -0.15) is 0 Å². The minimum absolute atomic E-state index is 0.0572. The monoisotopic (exact) mass is 324 g/mol. The van der Waals surface area contributed by atoms with E-state index >= 15 is 0 Å². The molecule has 0 fully saturated rings. The zero-order valence-corrected chi connectivity index (χ0v) is 13.5. The maximum atomic E-state index is 12.0. The van der Waals surface area contributed by atoms with Crippen molar-refractivity contribution >= 4 is 23.4 Å². The second-order valence-corrected chi connectivity index (χ2v) is 6.04. The lowest BCUT2D eigenvalue weighted by atomic mass is 10.2. The summed E-state index contributed by atoms with van der Waals surface area (Å²) in [6, 6.07) is 15.3. The van der Waals surface area contributed by atoms with E-state index in [2.05, 4.69) is 10.3 Å². The molecule has 5 heteroatoms. The molecule has 0 atom stereocenters. The van der Waals surface area contributed by atoms with E-state index in [1.54, 1.807) is 12.4 Å². The molecule has 116 valence electrons. The highest BCUT2D eigenvalue weighted by Gasteiger charge is 2.08. The molecule has 2 aromatic heterocycles. The number of nitrogens with one attached hydrogen (secondary N) is 1. The van der Waals surface area contributed by atoms with Crippen LogP contribution in [0, 0.1) is 6.92 Å². The molecule has 1 N–H and O–H groups in total. The van der Waals surface area contributed by atoms with Gasteiger partial charge in [0.2, 0.25) is 5.91 Å². The predicted octanol–water partition coefficient (Wildman–Crippen LogP) is 4.38. The summed E-state index contributed by atoms with van der Waals surface area (Å²) >= 11 is 1.37. The molecule has 0 saturated carbocycles. The van der Waals surface area contributed by atoms with Crippen LogP contribution in [0.15, 0.2) is 70.4 Å². The number of furan rings is 1. The van der Waals surface area contributed by atoms with Crippen LogP contribution in [0.25, 0.3) is 11.3 Å². The molecule has 0 aliphatic heterocycles. The molecule has 3 rings (SSSR count). The number of amides is 1. The SMILES string of the molecule is Cc1ccc(NC(=O)CSc2ccc(-c3cccnc3)o2)cc1. The molecule has 2 heterocycles. The molecule has 1 amide bonds. The van der Waals surface area contributed by atoms with Gasteiger partial charge in [0.25, 0.3) is 0 Å². The molecule has 0 saturated heterocycles. The molecule has 0 aliphatic rings. The molecule has 1 aromatic carbocycles.